The van der Waals surface area contributed by atoms with Gasteiger partial charge >= 0.3 is 0 Å². The number of benzene rings is 2. The molecule has 2 aromatic carbocycles. The summed E-state index contributed by atoms with van der Waals surface area (Å²) in [7, 11) is 1.52. The molecule has 64 heavy (non-hydrogen) atoms. The third-order valence-corrected chi connectivity index (χ3v) is 13.8. The predicted molar refractivity (Wildman–Crippen MR) is 240 cm³/mol. The first-order chi connectivity index (χ1) is 30.8. The Labute approximate surface area is 375 Å². The number of halogens is 1. The molecule has 4 aromatic rings. The fourth-order valence-corrected chi connectivity index (χ4v) is 10.0. The van der Waals surface area contributed by atoms with Gasteiger partial charge in [-0.15, -0.1) is 0 Å². The summed E-state index contributed by atoms with van der Waals surface area (Å²) in [5, 5.41) is 9.45. The highest BCUT2D eigenvalue weighted by Crippen LogP contribution is 2.38. The first-order valence-corrected chi connectivity index (χ1v) is 22.7. The topological polar surface area (TPSA) is 185 Å². The normalized spacial score (nSPS) is 22.2. The van der Waals surface area contributed by atoms with Crippen LogP contribution in [0.1, 0.15) is 103 Å². The van der Waals surface area contributed by atoms with Crippen molar-refractivity contribution in [2.24, 2.45) is 0 Å². The van der Waals surface area contributed by atoms with Crippen molar-refractivity contribution in [3.05, 3.63) is 86.8 Å². The molecular weight excluding hydrogens is 840 g/mol. The summed E-state index contributed by atoms with van der Waals surface area (Å²) >= 11 is 6.66. The Balaban J connectivity index is 0.745. The third-order valence-electron chi connectivity index (χ3n) is 13.5. The van der Waals surface area contributed by atoms with Crippen LogP contribution in [0, 0.1) is 0 Å². The molecule has 17 heteroatoms. The van der Waals surface area contributed by atoms with Gasteiger partial charge in [-0.05, 0) is 120 Å². The van der Waals surface area contributed by atoms with Crippen molar-refractivity contribution >= 4 is 69.2 Å². The number of piperidine rings is 3. The van der Waals surface area contributed by atoms with Crippen LogP contribution in [0.25, 0.3) is 10.9 Å². The number of fused-ring (bicyclic) bond motifs is 2. The second-order valence-corrected chi connectivity index (χ2v) is 18.2. The predicted octanol–water partition coefficient (Wildman–Crippen LogP) is 5.30. The summed E-state index contributed by atoms with van der Waals surface area (Å²) in [5.41, 5.74) is 3.62. The van der Waals surface area contributed by atoms with Gasteiger partial charge in [0, 0.05) is 55.8 Å². The van der Waals surface area contributed by atoms with E-state index in [2.05, 4.69) is 30.7 Å². The second-order valence-electron chi connectivity index (χ2n) is 17.8. The van der Waals surface area contributed by atoms with Crippen molar-refractivity contribution in [2.75, 3.05) is 50.1 Å². The van der Waals surface area contributed by atoms with E-state index in [4.69, 9.17) is 21.1 Å². The molecular formula is C47H53ClN8O8. The number of ether oxygens (including phenoxy) is 2. The van der Waals surface area contributed by atoms with Gasteiger partial charge in [0.25, 0.3) is 23.3 Å². The second kappa shape index (κ2) is 18.0. The van der Waals surface area contributed by atoms with E-state index in [1.807, 2.05) is 50.2 Å². The highest BCUT2D eigenvalue weighted by molar-refractivity contribution is 6.33. The SMILES string of the molecule is CNC(=O)COc1cc2cc(Nc3cc(N4CCC(OC5CC(N6CCC(c7ccc8c(c7)C(=O)N([C@@H]7CCC(=O)NC7=O)C8=O)CC6)C5)CC4)ncc3Cl)ccc2n(C(C)C)c1=O. The number of likely N-dealkylation sites (N-methyl/N-ethyl adjacent to an activating group) is 1. The van der Waals surface area contributed by atoms with Crippen LogP contribution < -0.4 is 31.1 Å². The fraction of sp³-hybridized carbons (Fsp3) is 0.468. The quantitative estimate of drug-likeness (QED) is 0.156. The number of carbonyl (C=O) groups excluding carboxylic acids is 5. The van der Waals surface area contributed by atoms with E-state index < -0.39 is 23.8 Å². The van der Waals surface area contributed by atoms with E-state index >= 15 is 0 Å². The first kappa shape index (κ1) is 43.4. The Morgan fingerprint density at radius 1 is 0.891 bits per heavy atom. The number of nitrogens with one attached hydrogen (secondary N) is 3. The molecule has 0 bridgehead atoms. The molecule has 4 aliphatic heterocycles. The van der Waals surface area contributed by atoms with Crippen LogP contribution in [0.5, 0.6) is 5.75 Å². The molecule has 336 valence electrons. The molecule has 1 aliphatic carbocycles. The summed E-state index contributed by atoms with van der Waals surface area (Å²) in [4.78, 5) is 86.3. The summed E-state index contributed by atoms with van der Waals surface area (Å²) < 4.78 is 13.9. The minimum Gasteiger partial charge on any atom is -0.478 e. The molecule has 2 aromatic heterocycles. The number of hydrogen-bond acceptors (Lipinski definition) is 12. The first-order valence-electron chi connectivity index (χ1n) is 22.3. The van der Waals surface area contributed by atoms with Crippen LogP contribution in [0.4, 0.5) is 17.2 Å². The Morgan fingerprint density at radius 2 is 1.64 bits per heavy atom. The van der Waals surface area contributed by atoms with Gasteiger partial charge in [0.05, 0.1) is 45.8 Å². The number of nitrogens with zero attached hydrogens (tertiary/aromatic N) is 5. The average molecular weight is 893 g/mol. The number of amides is 5. The van der Waals surface area contributed by atoms with Crippen LogP contribution in [0.3, 0.4) is 0 Å². The monoisotopic (exact) mass is 892 g/mol. The Bertz CT molecular complexity index is 2580. The molecule has 5 aliphatic rings. The maximum atomic E-state index is 13.4. The highest BCUT2D eigenvalue weighted by atomic mass is 35.5. The van der Waals surface area contributed by atoms with Gasteiger partial charge in [-0.3, -0.25) is 39.0 Å². The van der Waals surface area contributed by atoms with E-state index in [1.54, 1.807) is 22.9 Å². The summed E-state index contributed by atoms with van der Waals surface area (Å²) in [5.74, 6) is -1.06. The molecule has 0 radical (unpaired) electrons. The zero-order chi connectivity index (χ0) is 44.8. The van der Waals surface area contributed by atoms with Gasteiger partial charge in [0.2, 0.25) is 11.8 Å². The van der Waals surface area contributed by atoms with E-state index in [9.17, 15) is 28.8 Å². The van der Waals surface area contributed by atoms with Crippen LogP contribution in [-0.4, -0.2) is 113 Å². The number of hydrogen-bond donors (Lipinski definition) is 3. The summed E-state index contributed by atoms with van der Waals surface area (Å²) in [6.07, 6.45) is 8.05. The van der Waals surface area contributed by atoms with E-state index in [0.29, 0.717) is 27.9 Å². The number of pyridine rings is 2. The van der Waals surface area contributed by atoms with Crippen molar-refractivity contribution < 1.29 is 33.4 Å². The Kier molecular flexibility index (Phi) is 12.2. The lowest BCUT2D eigenvalue weighted by Crippen LogP contribution is -2.54. The maximum absolute atomic E-state index is 13.4. The Morgan fingerprint density at radius 3 is 2.36 bits per heavy atom. The van der Waals surface area contributed by atoms with Crippen molar-refractivity contribution in [1.29, 1.82) is 0 Å². The zero-order valence-electron chi connectivity index (χ0n) is 36.2. The van der Waals surface area contributed by atoms with Gasteiger partial charge < -0.3 is 34.5 Å². The molecule has 16 nitrogen and oxygen atoms in total. The average Bonchev–Trinajstić information content (AvgIpc) is 3.52. The number of likely N-dealkylation sites (tertiary alicyclic amines) is 1. The largest absolute Gasteiger partial charge is 0.478 e. The summed E-state index contributed by atoms with van der Waals surface area (Å²) in [6.45, 7) is 7.12. The van der Waals surface area contributed by atoms with Gasteiger partial charge in [0.15, 0.2) is 12.4 Å². The number of imide groups is 2. The van der Waals surface area contributed by atoms with Gasteiger partial charge in [-0.1, -0.05) is 17.7 Å². The third kappa shape index (κ3) is 8.58. The Hall–Kier alpha value is -5.84. The lowest BCUT2D eigenvalue weighted by molar-refractivity contribution is -0.136. The van der Waals surface area contributed by atoms with Gasteiger partial charge in [0.1, 0.15) is 11.9 Å². The smallest absolute Gasteiger partial charge is 0.293 e. The lowest BCUT2D eigenvalue weighted by atomic mass is 9.83. The molecule has 0 unspecified atom stereocenters. The highest BCUT2D eigenvalue weighted by Gasteiger charge is 2.45. The number of anilines is 3. The van der Waals surface area contributed by atoms with Crippen LogP contribution in [0.15, 0.2) is 59.5 Å². The molecule has 6 heterocycles. The minimum absolute atomic E-state index is 0.0940. The lowest BCUT2D eigenvalue weighted by Gasteiger charge is -2.47. The van der Waals surface area contributed by atoms with Crippen LogP contribution in [0.2, 0.25) is 5.02 Å². The van der Waals surface area contributed by atoms with E-state index in [-0.39, 0.29) is 66.7 Å². The van der Waals surface area contributed by atoms with Gasteiger partial charge in [-0.25, -0.2) is 4.98 Å². The molecule has 0 spiro atoms. The zero-order valence-corrected chi connectivity index (χ0v) is 37.0. The standard InChI is InChI=1S/C47H53ClN8O8/c1-26(2)55-38-7-5-30(18-29(38)20-40(47(55)62)63-25-43(58)49-3)51-37-23-41(50-24-36(37)48)54-16-12-32(13-17-54)64-33-21-31(22-33)53-14-10-27(11-15-53)28-4-6-34-35(19-28)46(61)56(45(34)60)39-8-9-42(57)52-44(39)59/h4-7,18-20,23-24,26-27,31-33,39H,8-17,21-22,25H2,1-3H3,(H,49,58)(H,50,51)(H,52,57,59)/t31?,33?,39-/m1/s1. The minimum atomic E-state index is -0.967. The van der Waals surface area contributed by atoms with Crippen LogP contribution >= 0.6 is 11.6 Å². The maximum Gasteiger partial charge on any atom is 0.293 e. The molecule has 3 N–H and O–H groups in total. The molecule has 3 saturated heterocycles. The van der Waals surface area contributed by atoms with Crippen LogP contribution in [-0.2, 0) is 19.1 Å². The number of rotatable bonds is 12. The fourth-order valence-electron chi connectivity index (χ4n) is 9.86. The van der Waals surface area contributed by atoms with Crippen molar-refractivity contribution in [3.63, 3.8) is 0 Å². The van der Waals surface area contributed by atoms with E-state index in [1.165, 1.54) is 7.05 Å². The van der Waals surface area contributed by atoms with Crippen molar-refractivity contribution in [2.45, 2.75) is 101 Å². The number of carbonyl (C=O) groups is 5. The molecule has 1 atom stereocenters. The van der Waals surface area contributed by atoms with Gasteiger partial charge in [-0.2, -0.15) is 0 Å². The molecule has 9 rings (SSSR count). The number of aromatic nitrogens is 2. The van der Waals surface area contributed by atoms with Crippen molar-refractivity contribution in [3.8, 4) is 5.75 Å². The molecule has 1 saturated carbocycles. The molecule has 4 fully saturated rings. The summed E-state index contributed by atoms with van der Waals surface area (Å²) in [6, 6.07) is 14.2. The van der Waals surface area contributed by atoms with E-state index in [0.717, 1.165) is 97.6 Å². The van der Waals surface area contributed by atoms with Crippen molar-refractivity contribution in [1.82, 2.24) is 30.0 Å². The molecule has 5 amide bonds.